The summed E-state index contributed by atoms with van der Waals surface area (Å²) < 4.78 is 5.57. The van der Waals surface area contributed by atoms with E-state index >= 15 is 0 Å². The molecular formula is C23H36N2O2. The minimum Gasteiger partial charge on any atom is -0.410 e. The summed E-state index contributed by atoms with van der Waals surface area (Å²) in [7, 11) is 0. The molecule has 1 amide bonds. The van der Waals surface area contributed by atoms with E-state index in [-0.39, 0.29) is 11.5 Å². The number of likely N-dealkylation sites (tertiary alicyclic amines) is 1. The largest absolute Gasteiger partial charge is 0.412 e. The molecule has 1 aliphatic carbocycles. The SMILES string of the molecule is CCCCCCCNC(=O)Oc1ccc2c(c1)[C@]1(C)CCN(CCC)[C@@H]1C2. The second kappa shape index (κ2) is 9.09. The number of rotatable bonds is 9. The van der Waals surface area contributed by atoms with Gasteiger partial charge >= 0.3 is 6.09 Å². The van der Waals surface area contributed by atoms with Crippen LogP contribution in [-0.2, 0) is 11.8 Å². The fourth-order valence-electron chi connectivity index (χ4n) is 4.92. The van der Waals surface area contributed by atoms with Crippen LogP contribution in [0.3, 0.4) is 0 Å². The quantitative estimate of drug-likeness (QED) is 0.617. The first kappa shape index (κ1) is 20.2. The second-order valence-electron chi connectivity index (χ2n) is 8.47. The highest BCUT2D eigenvalue weighted by Gasteiger charge is 2.49. The van der Waals surface area contributed by atoms with Crippen molar-refractivity contribution in [2.24, 2.45) is 0 Å². The lowest BCUT2D eigenvalue weighted by molar-refractivity contribution is 0.200. The van der Waals surface area contributed by atoms with Crippen molar-refractivity contribution in [3.63, 3.8) is 0 Å². The highest BCUT2D eigenvalue weighted by molar-refractivity contribution is 5.70. The number of nitrogens with one attached hydrogen (secondary N) is 1. The van der Waals surface area contributed by atoms with E-state index in [2.05, 4.69) is 43.1 Å². The molecule has 1 N–H and O–H groups in total. The average molecular weight is 373 g/mol. The normalized spacial score (nSPS) is 23.9. The van der Waals surface area contributed by atoms with Gasteiger partial charge in [-0.15, -0.1) is 0 Å². The molecular weight excluding hydrogens is 336 g/mol. The highest BCUT2D eigenvalue weighted by Crippen LogP contribution is 2.48. The number of ether oxygens (including phenoxy) is 1. The molecule has 0 aromatic heterocycles. The van der Waals surface area contributed by atoms with Gasteiger partial charge in [-0.1, -0.05) is 52.5 Å². The molecule has 2 atom stereocenters. The Bertz CT molecular complexity index is 645. The molecule has 1 aromatic carbocycles. The molecule has 4 nitrogen and oxygen atoms in total. The van der Waals surface area contributed by atoms with Crippen LogP contribution in [0.25, 0.3) is 0 Å². The first-order chi connectivity index (χ1) is 13.1. The first-order valence-electron chi connectivity index (χ1n) is 10.9. The molecule has 1 aromatic rings. The third kappa shape index (κ3) is 4.48. The van der Waals surface area contributed by atoms with E-state index in [0.717, 1.165) is 12.8 Å². The van der Waals surface area contributed by atoms with E-state index in [9.17, 15) is 4.79 Å². The van der Waals surface area contributed by atoms with Crippen molar-refractivity contribution in [2.75, 3.05) is 19.6 Å². The Morgan fingerprint density at radius 1 is 1.22 bits per heavy atom. The molecule has 150 valence electrons. The number of hydrogen-bond donors (Lipinski definition) is 1. The lowest BCUT2D eigenvalue weighted by Crippen LogP contribution is -2.38. The zero-order chi connectivity index (χ0) is 19.3. The van der Waals surface area contributed by atoms with Crippen molar-refractivity contribution in [1.82, 2.24) is 10.2 Å². The van der Waals surface area contributed by atoms with Crippen LogP contribution in [0.2, 0.25) is 0 Å². The Hall–Kier alpha value is -1.55. The number of carbonyl (C=O) groups excluding carboxylic acids is 1. The second-order valence-corrected chi connectivity index (χ2v) is 8.47. The van der Waals surface area contributed by atoms with Gasteiger partial charge in [0.25, 0.3) is 0 Å². The summed E-state index contributed by atoms with van der Waals surface area (Å²) in [6.07, 6.45) is 9.13. The van der Waals surface area contributed by atoms with Gasteiger partial charge in [0, 0.05) is 18.0 Å². The van der Waals surface area contributed by atoms with E-state index in [1.807, 2.05) is 6.07 Å². The lowest BCUT2D eigenvalue weighted by atomic mass is 9.80. The van der Waals surface area contributed by atoms with Gasteiger partial charge < -0.3 is 10.1 Å². The van der Waals surface area contributed by atoms with E-state index in [0.29, 0.717) is 18.3 Å². The topological polar surface area (TPSA) is 41.6 Å². The summed E-state index contributed by atoms with van der Waals surface area (Å²) in [5.41, 5.74) is 3.00. The van der Waals surface area contributed by atoms with Crippen molar-refractivity contribution >= 4 is 6.09 Å². The minimum atomic E-state index is -0.329. The Morgan fingerprint density at radius 3 is 2.81 bits per heavy atom. The van der Waals surface area contributed by atoms with Crippen LogP contribution >= 0.6 is 0 Å². The van der Waals surface area contributed by atoms with Gasteiger partial charge in [-0.2, -0.15) is 0 Å². The number of benzene rings is 1. The van der Waals surface area contributed by atoms with Crippen LogP contribution in [0.4, 0.5) is 4.79 Å². The Kier molecular flexibility index (Phi) is 6.80. The van der Waals surface area contributed by atoms with Crippen LogP contribution in [-0.4, -0.2) is 36.7 Å². The monoisotopic (exact) mass is 372 g/mol. The maximum Gasteiger partial charge on any atom is 0.412 e. The maximum atomic E-state index is 12.1. The minimum absolute atomic E-state index is 0.194. The molecule has 1 saturated heterocycles. The number of carbonyl (C=O) groups is 1. The van der Waals surface area contributed by atoms with Crippen molar-refractivity contribution in [1.29, 1.82) is 0 Å². The van der Waals surface area contributed by atoms with Gasteiger partial charge in [0.15, 0.2) is 0 Å². The van der Waals surface area contributed by atoms with Gasteiger partial charge in [0.05, 0.1) is 0 Å². The summed E-state index contributed by atoms with van der Waals surface area (Å²) in [6.45, 7) is 9.91. The molecule has 1 aliphatic heterocycles. The Morgan fingerprint density at radius 2 is 2.04 bits per heavy atom. The van der Waals surface area contributed by atoms with E-state index in [4.69, 9.17) is 4.74 Å². The molecule has 3 rings (SSSR count). The molecule has 1 heterocycles. The molecule has 0 radical (unpaired) electrons. The molecule has 0 spiro atoms. The average Bonchev–Trinajstić information content (AvgIpc) is 3.11. The summed E-state index contributed by atoms with van der Waals surface area (Å²) >= 11 is 0. The first-order valence-corrected chi connectivity index (χ1v) is 10.9. The number of hydrogen-bond acceptors (Lipinski definition) is 3. The summed E-state index contributed by atoms with van der Waals surface area (Å²) in [4.78, 5) is 14.7. The zero-order valence-corrected chi connectivity index (χ0v) is 17.4. The summed E-state index contributed by atoms with van der Waals surface area (Å²) in [6, 6.07) is 6.83. The van der Waals surface area contributed by atoms with E-state index in [1.165, 1.54) is 62.7 Å². The fourth-order valence-corrected chi connectivity index (χ4v) is 4.92. The number of unbranched alkanes of at least 4 members (excludes halogenated alkanes) is 4. The molecule has 1 fully saturated rings. The third-order valence-electron chi connectivity index (χ3n) is 6.48. The van der Waals surface area contributed by atoms with Crippen LogP contribution in [0.1, 0.15) is 76.8 Å². The summed E-state index contributed by atoms with van der Waals surface area (Å²) in [5.74, 6) is 0.674. The smallest absolute Gasteiger partial charge is 0.410 e. The molecule has 27 heavy (non-hydrogen) atoms. The van der Waals surface area contributed by atoms with Gasteiger partial charge in [-0.3, -0.25) is 4.90 Å². The van der Waals surface area contributed by atoms with Crippen LogP contribution < -0.4 is 10.1 Å². The van der Waals surface area contributed by atoms with Crippen molar-refractivity contribution in [3.8, 4) is 5.75 Å². The molecule has 0 bridgehead atoms. The van der Waals surface area contributed by atoms with Gasteiger partial charge in [-0.05, 0) is 62.0 Å². The number of nitrogens with zero attached hydrogens (tertiary/aromatic N) is 1. The van der Waals surface area contributed by atoms with Gasteiger partial charge in [0.1, 0.15) is 5.75 Å². The predicted molar refractivity (Wildman–Crippen MR) is 111 cm³/mol. The molecule has 4 heteroatoms. The number of amides is 1. The Balaban J connectivity index is 1.55. The maximum absolute atomic E-state index is 12.1. The highest BCUT2D eigenvalue weighted by atomic mass is 16.6. The van der Waals surface area contributed by atoms with Gasteiger partial charge in [-0.25, -0.2) is 4.79 Å². The lowest BCUT2D eigenvalue weighted by Gasteiger charge is -2.29. The van der Waals surface area contributed by atoms with Crippen molar-refractivity contribution in [2.45, 2.75) is 83.6 Å². The van der Waals surface area contributed by atoms with Crippen LogP contribution in [0.15, 0.2) is 18.2 Å². The fraction of sp³-hybridized carbons (Fsp3) is 0.696. The predicted octanol–water partition coefficient (Wildman–Crippen LogP) is 5.04. The number of fused-ring (bicyclic) bond motifs is 3. The molecule has 0 saturated carbocycles. The van der Waals surface area contributed by atoms with Crippen molar-refractivity contribution < 1.29 is 9.53 Å². The molecule has 0 unspecified atom stereocenters. The zero-order valence-electron chi connectivity index (χ0n) is 17.4. The van der Waals surface area contributed by atoms with Crippen LogP contribution in [0.5, 0.6) is 5.75 Å². The third-order valence-corrected chi connectivity index (χ3v) is 6.48. The Labute approximate surface area is 164 Å². The van der Waals surface area contributed by atoms with E-state index in [1.54, 1.807) is 0 Å². The summed E-state index contributed by atoms with van der Waals surface area (Å²) in [5, 5.41) is 2.89. The van der Waals surface area contributed by atoms with Gasteiger partial charge in [0.2, 0.25) is 0 Å². The van der Waals surface area contributed by atoms with Crippen LogP contribution in [0, 0.1) is 0 Å². The molecule has 2 aliphatic rings. The van der Waals surface area contributed by atoms with Crippen molar-refractivity contribution in [3.05, 3.63) is 29.3 Å². The standard InChI is InChI=1S/C23H36N2O2/c1-4-6-7-8-9-13-24-22(26)27-19-11-10-18-16-21-23(3,20(18)17-19)12-15-25(21)14-5-2/h10-11,17,21H,4-9,12-16H2,1-3H3,(H,24,26)/t21-,23+/m1/s1. The van der Waals surface area contributed by atoms with E-state index < -0.39 is 0 Å².